The van der Waals surface area contributed by atoms with Crippen LogP contribution in [0.25, 0.3) is 0 Å². The number of rotatable bonds is 9. The van der Waals surface area contributed by atoms with Crippen molar-refractivity contribution in [3.8, 4) is 5.75 Å². The Kier molecular flexibility index (Phi) is 7.19. The van der Waals surface area contributed by atoms with Gasteiger partial charge in [0.2, 0.25) is 0 Å². The molecule has 0 unspecified atom stereocenters. The van der Waals surface area contributed by atoms with Gasteiger partial charge in [0.25, 0.3) is 5.91 Å². The Hall–Kier alpha value is -2.63. The molecule has 0 spiro atoms. The molecule has 0 aliphatic rings. The molecule has 1 heterocycles. The van der Waals surface area contributed by atoms with Gasteiger partial charge in [0.05, 0.1) is 7.11 Å². The summed E-state index contributed by atoms with van der Waals surface area (Å²) < 4.78 is 5.30. The van der Waals surface area contributed by atoms with Gasteiger partial charge in [0.15, 0.2) is 0 Å². The number of hydrogen-bond acceptors (Lipinski definition) is 5. The Morgan fingerprint density at radius 2 is 2.00 bits per heavy atom. The first-order valence-electron chi connectivity index (χ1n) is 8.63. The van der Waals surface area contributed by atoms with E-state index in [0.29, 0.717) is 23.9 Å². The van der Waals surface area contributed by atoms with Gasteiger partial charge < -0.3 is 15.4 Å². The molecule has 0 aliphatic carbocycles. The average Bonchev–Trinajstić information content (AvgIpc) is 2.63. The molecule has 0 bridgehead atoms. The molecule has 2 rings (SSSR count). The second-order valence-corrected chi connectivity index (χ2v) is 5.81. The highest BCUT2D eigenvalue weighted by molar-refractivity contribution is 5.92. The summed E-state index contributed by atoms with van der Waals surface area (Å²) in [4.78, 5) is 21.0. The van der Waals surface area contributed by atoms with Crippen molar-refractivity contribution in [2.45, 2.75) is 39.7 Å². The second kappa shape index (κ2) is 9.61. The van der Waals surface area contributed by atoms with Gasteiger partial charge in [-0.15, -0.1) is 0 Å². The molecule has 1 aromatic heterocycles. The van der Waals surface area contributed by atoms with Crippen LogP contribution in [0.2, 0.25) is 0 Å². The first kappa shape index (κ1) is 18.7. The number of ether oxygens (including phenoxy) is 1. The largest absolute Gasteiger partial charge is 0.496 e. The second-order valence-electron chi connectivity index (χ2n) is 5.81. The van der Waals surface area contributed by atoms with Crippen molar-refractivity contribution < 1.29 is 9.53 Å². The molecule has 0 saturated carbocycles. The van der Waals surface area contributed by atoms with Crippen LogP contribution >= 0.6 is 0 Å². The fourth-order valence-corrected chi connectivity index (χ4v) is 2.48. The molecule has 1 amide bonds. The zero-order chi connectivity index (χ0) is 18.1. The zero-order valence-corrected chi connectivity index (χ0v) is 15.1. The number of amides is 1. The molecule has 25 heavy (non-hydrogen) atoms. The summed E-state index contributed by atoms with van der Waals surface area (Å²) in [5, 5.41) is 6.14. The predicted molar refractivity (Wildman–Crippen MR) is 98.9 cm³/mol. The summed E-state index contributed by atoms with van der Waals surface area (Å²) in [5.41, 5.74) is 1.28. The van der Waals surface area contributed by atoms with E-state index in [-0.39, 0.29) is 5.91 Å². The van der Waals surface area contributed by atoms with Gasteiger partial charge in [-0.1, -0.05) is 38.0 Å². The van der Waals surface area contributed by atoms with Crippen molar-refractivity contribution in [2.75, 3.05) is 19.0 Å². The minimum absolute atomic E-state index is 0.229. The molecule has 1 aromatic carbocycles. The lowest BCUT2D eigenvalue weighted by atomic mass is 10.2. The van der Waals surface area contributed by atoms with E-state index in [9.17, 15) is 4.79 Å². The standard InChI is InChI=1S/C19H26N4O2/c1-4-5-8-11-20-18-12-16(22-14(2)23-18)19(24)21-13-15-9-6-7-10-17(15)25-3/h6-7,9-10,12H,4-5,8,11,13H2,1-3H3,(H,21,24)(H,20,22,23). The number of nitrogens with zero attached hydrogens (tertiary/aromatic N) is 2. The molecule has 2 aromatic rings. The van der Waals surface area contributed by atoms with Crippen molar-refractivity contribution >= 4 is 11.7 Å². The van der Waals surface area contributed by atoms with E-state index in [1.165, 1.54) is 12.8 Å². The number of carbonyl (C=O) groups excluding carboxylic acids is 1. The van der Waals surface area contributed by atoms with Crippen LogP contribution in [0.15, 0.2) is 30.3 Å². The summed E-state index contributed by atoms with van der Waals surface area (Å²) in [6, 6.07) is 9.29. The zero-order valence-electron chi connectivity index (χ0n) is 15.1. The maximum absolute atomic E-state index is 12.4. The lowest BCUT2D eigenvalue weighted by molar-refractivity contribution is 0.0945. The highest BCUT2D eigenvalue weighted by Gasteiger charge is 2.11. The fraction of sp³-hybridized carbons (Fsp3) is 0.421. The number of benzene rings is 1. The molecule has 0 atom stereocenters. The summed E-state index contributed by atoms with van der Waals surface area (Å²) in [5.74, 6) is 1.78. The monoisotopic (exact) mass is 342 g/mol. The summed E-state index contributed by atoms with van der Waals surface area (Å²) >= 11 is 0. The minimum Gasteiger partial charge on any atom is -0.496 e. The molecule has 2 N–H and O–H groups in total. The molecule has 0 saturated heterocycles. The van der Waals surface area contributed by atoms with Crippen LogP contribution in [0.4, 0.5) is 5.82 Å². The third-order valence-corrected chi connectivity index (χ3v) is 3.79. The van der Waals surface area contributed by atoms with Crippen LogP contribution in [-0.2, 0) is 6.54 Å². The van der Waals surface area contributed by atoms with Crippen LogP contribution < -0.4 is 15.4 Å². The maximum atomic E-state index is 12.4. The van der Waals surface area contributed by atoms with Crippen LogP contribution in [-0.4, -0.2) is 29.5 Å². The Morgan fingerprint density at radius 1 is 1.20 bits per heavy atom. The van der Waals surface area contributed by atoms with Crippen molar-refractivity contribution in [3.63, 3.8) is 0 Å². The van der Waals surface area contributed by atoms with Gasteiger partial charge in [-0.3, -0.25) is 4.79 Å². The number of carbonyl (C=O) groups is 1. The Labute approximate surface area is 149 Å². The number of aryl methyl sites for hydroxylation is 1. The Morgan fingerprint density at radius 3 is 2.76 bits per heavy atom. The van der Waals surface area contributed by atoms with Crippen LogP contribution in [0, 0.1) is 6.92 Å². The molecule has 0 fully saturated rings. The topological polar surface area (TPSA) is 76.1 Å². The molecule has 0 radical (unpaired) electrons. The van der Waals surface area contributed by atoms with Crippen molar-refractivity contribution in [2.24, 2.45) is 0 Å². The van der Waals surface area contributed by atoms with Crippen LogP contribution in [0.3, 0.4) is 0 Å². The van der Waals surface area contributed by atoms with E-state index in [1.54, 1.807) is 20.1 Å². The van der Waals surface area contributed by atoms with E-state index < -0.39 is 0 Å². The van der Waals surface area contributed by atoms with Crippen LogP contribution in [0.5, 0.6) is 5.75 Å². The number of aromatic nitrogens is 2. The number of para-hydroxylation sites is 1. The SMILES string of the molecule is CCCCCNc1cc(C(=O)NCc2ccccc2OC)nc(C)n1. The number of anilines is 1. The fourth-order valence-electron chi connectivity index (χ4n) is 2.48. The number of hydrogen-bond donors (Lipinski definition) is 2. The lowest BCUT2D eigenvalue weighted by Gasteiger charge is -2.11. The third-order valence-electron chi connectivity index (χ3n) is 3.79. The number of unbranched alkanes of at least 4 members (excludes halogenated alkanes) is 2. The molecule has 6 heteroatoms. The van der Waals surface area contributed by atoms with Gasteiger partial charge in [-0.25, -0.2) is 9.97 Å². The summed E-state index contributed by atoms with van der Waals surface area (Å²) in [7, 11) is 1.62. The van der Waals surface area contributed by atoms with Gasteiger partial charge in [-0.05, 0) is 19.4 Å². The van der Waals surface area contributed by atoms with E-state index >= 15 is 0 Å². The lowest BCUT2D eigenvalue weighted by Crippen LogP contribution is -2.24. The van der Waals surface area contributed by atoms with Crippen LogP contribution in [0.1, 0.15) is 48.1 Å². The van der Waals surface area contributed by atoms with Crippen molar-refractivity contribution in [3.05, 3.63) is 47.4 Å². The molecular weight excluding hydrogens is 316 g/mol. The molecular formula is C19H26N4O2. The first-order valence-corrected chi connectivity index (χ1v) is 8.63. The first-order chi connectivity index (χ1) is 12.1. The van der Waals surface area contributed by atoms with E-state index in [2.05, 4.69) is 27.5 Å². The third kappa shape index (κ3) is 5.74. The highest BCUT2D eigenvalue weighted by Crippen LogP contribution is 2.17. The highest BCUT2D eigenvalue weighted by atomic mass is 16.5. The smallest absolute Gasteiger partial charge is 0.270 e. The van der Waals surface area contributed by atoms with E-state index in [4.69, 9.17) is 4.74 Å². The van der Waals surface area contributed by atoms with Crippen molar-refractivity contribution in [1.82, 2.24) is 15.3 Å². The minimum atomic E-state index is -0.229. The van der Waals surface area contributed by atoms with Gasteiger partial charge in [-0.2, -0.15) is 0 Å². The molecule has 0 aliphatic heterocycles. The average molecular weight is 342 g/mol. The Bertz CT molecular complexity index is 704. The quantitative estimate of drug-likeness (QED) is 0.684. The van der Waals surface area contributed by atoms with Gasteiger partial charge >= 0.3 is 0 Å². The predicted octanol–water partition coefficient (Wildman–Crippen LogP) is 3.33. The molecule has 134 valence electrons. The van der Waals surface area contributed by atoms with Gasteiger partial charge in [0, 0.05) is 24.7 Å². The van der Waals surface area contributed by atoms with Crippen molar-refractivity contribution in [1.29, 1.82) is 0 Å². The normalized spacial score (nSPS) is 10.4. The number of nitrogens with one attached hydrogen (secondary N) is 2. The molecule has 6 nitrogen and oxygen atoms in total. The summed E-state index contributed by atoms with van der Waals surface area (Å²) in [6.45, 7) is 5.17. The Balaban J connectivity index is 1.99. The number of methoxy groups -OCH3 is 1. The maximum Gasteiger partial charge on any atom is 0.270 e. The van der Waals surface area contributed by atoms with E-state index in [0.717, 1.165) is 24.3 Å². The summed E-state index contributed by atoms with van der Waals surface area (Å²) in [6.07, 6.45) is 3.42. The van der Waals surface area contributed by atoms with Gasteiger partial charge in [0.1, 0.15) is 23.1 Å². The van der Waals surface area contributed by atoms with E-state index in [1.807, 2.05) is 24.3 Å².